The number of fused-ring (bicyclic) bond motifs is 2. The SMILES string of the molecule is CC(N)c1cc(F)cc2c1OC(CN1C(=O)c3ccccc3C1=O)C2. The minimum atomic E-state index is -0.406. The van der Waals surface area contributed by atoms with Crippen molar-refractivity contribution in [2.45, 2.75) is 25.5 Å². The predicted octanol–water partition coefficient (Wildman–Crippen LogP) is 2.45. The van der Waals surface area contributed by atoms with E-state index >= 15 is 0 Å². The number of amides is 2. The molecule has 2 aromatic rings. The molecule has 128 valence electrons. The van der Waals surface area contributed by atoms with Gasteiger partial charge in [0.15, 0.2) is 0 Å². The molecule has 0 saturated heterocycles. The molecule has 2 heterocycles. The number of ether oxygens (including phenoxy) is 1. The first kappa shape index (κ1) is 15.8. The van der Waals surface area contributed by atoms with Crippen LogP contribution in [0, 0.1) is 5.82 Å². The van der Waals surface area contributed by atoms with Crippen LogP contribution in [0.25, 0.3) is 0 Å². The molecule has 2 amide bonds. The molecule has 5 nitrogen and oxygen atoms in total. The lowest BCUT2D eigenvalue weighted by Crippen LogP contribution is -2.38. The Labute approximate surface area is 144 Å². The van der Waals surface area contributed by atoms with Gasteiger partial charge in [0, 0.05) is 23.6 Å². The Kier molecular flexibility index (Phi) is 3.58. The van der Waals surface area contributed by atoms with Gasteiger partial charge in [-0.15, -0.1) is 0 Å². The van der Waals surface area contributed by atoms with Gasteiger partial charge in [0.2, 0.25) is 0 Å². The lowest BCUT2D eigenvalue weighted by molar-refractivity contribution is 0.0587. The molecule has 2 aromatic carbocycles. The lowest BCUT2D eigenvalue weighted by Gasteiger charge is -2.19. The van der Waals surface area contributed by atoms with E-state index in [9.17, 15) is 14.0 Å². The summed E-state index contributed by atoms with van der Waals surface area (Å²) in [7, 11) is 0. The van der Waals surface area contributed by atoms with E-state index in [1.807, 2.05) is 0 Å². The number of rotatable bonds is 3. The summed E-state index contributed by atoms with van der Waals surface area (Å²) >= 11 is 0. The summed E-state index contributed by atoms with van der Waals surface area (Å²) in [6.45, 7) is 1.89. The number of halogens is 1. The van der Waals surface area contributed by atoms with Crippen molar-refractivity contribution in [3.63, 3.8) is 0 Å². The van der Waals surface area contributed by atoms with Crippen LogP contribution in [0.5, 0.6) is 5.75 Å². The van der Waals surface area contributed by atoms with Gasteiger partial charge >= 0.3 is 0 Å². The molecule has 2 unspecified atom stereocenters. The Balaban J connectivity index is 1.57. The average Bonchev–Trinajstić information content (AvgIpc) is 3.09. The molecule has 2 N–H and O–H groups in total. The zero-order valence-corrected chi connectivity index (χ0v) is 13.7. The molecule has 4 rings (SSSR count). The molecule has 2 aliphatic heterocycles. The van der Waals surface area contributed by atoms with Gasteiger partial charge in [-0.05, 0) is 31.2 Å². The molecular weight excluding hydrogens is 323 g/mol. The van der Waals surface area contributed by atoms with Crippen LogP contribution < -0.4 is 10.5 Å². The van der Waals surface area contributed by atoms with Gasteiger partial charge in [0.25, 0.3) is 11.8 Å². The van der Waals surface area contributed by atoms with E-state index in [0.717, 1.165) is 0 Å². The third-order valence-corrected chi connectivity index (χ3v) is 4.65. The highest BCUT2D eigenvalue weighted by molar-refractivity contribution is 6.21. The quantitative estimate of drug-likeness (QED) is 0.871. The first-order valence-electron chi connectivity index (χ1n) is 8.15. The minimum absolute atomic E-state index is 0.126. The van der Waals surface area contributed by atoms with Gasteiger partial charge in [-0.1, -0.05) is 12.1 Å². The number of benzene rings is 2. The topological polar surface area (TPSA) is 72.6 Å². The van der Waals surface area contributed by atoms with Crippen molar-refractivity contribution in [1.29, 1.82) is 0 Å². The number of carbonyl (C=O) groups is 2. The number of hydrogen-bond donors (Lipinski definition) is 1. The van der Waals surface area contributed by atoms with Gasteiger partial charge in [-0.2, -0.15) is 0 Å². The minimum Gasteiger partial charge on any atom is -0.488 e. The van der Waals surface area contributed by atoms with Crippen LogP contribution in [-0.4, -0.2) is 29.4 Å². The Morgan fingerprint density at radius 3 is 2.48 bits per heavy atom. The number of imide groups is 1. The van der Waals surface area contributed by atoms with Crippen molar-refractivity contribution in [3.8, 4) is 5.75 Å². The van der Waals surface area contributed by atoms with Crippen LogP contribution in [0.4, 0.5) is 4.39 Å². The molecule has 25 heavy (non-hydrogen) atoms. The average molecular weight is 340 g/mol. The highest BCUT2D eigenvalue weighted by Crippen LogP contribution is 2.37. The fraction of sp³-hybridized carbons (Fsp3) is 0.263. The maximum atomic E-state index is 13.8. The molecule has 6 heteroatoms. The summed E-state index contributed by atoms with van der Waals surface area (Å²) in [5.74, 6) is -0.438. The van der Waals surface area contributed by atoms with Gasteiger partial charge in [0.1, 0.15) is 17.7 Å². The molecule has 0 fully saturated rings. The van der Waals surface area contributed by atoms with Crippen molar-refractivity contribution in [2.75, 3.05) is 6.54 Å². The largest absolute Gasteiger partial charge is 0.488 e. The van der Waals surface area contributed by atoms with E-state index in [1.165, 1.54) is 17.0 Å². The summed E-state index contributed by atoms with van der Waals surface area (Å²) in [5.41, 5.74) is 8.03. The van der Waals surface area contributed by atoms with Gasteiger partial charge in [-0.3, -0.25) is 14.5 Å². The zero-order chi connectivity index (χ0) is 17.7. The Morgan fingerprint density at radius 1 is 1.24 bits per heavy atom. The molecule has 0 spiro atoms. The molecule has 0 aromatic heterocycles. The monoisotopic (exact) mass is 340 g/mol. The highest BCUT2D eigenvalue weighted by Gasteiger charge is 2.38. The van der Waals surface area contributed by atoms with E-state index in [0.29, 0.717) is 34.4 Å². The van der Waals surface area contributed by atoms with E-state index in [1.54, 1.807) is 31.2 Å². The van der Waals surface area contributed by atoms with Crippen molar-refractivity contribution in [2.24, 2.45) is 5.73 Å². The van der Waals surface area contributed by atoms with E-state index in [2.05, 4.69) is 0 Å². The summed E-state index contributed by atoms with van der Waals surface area (Å²) in [6, 6.07) is 9.16. The number of nitrogens with zero attached hydrogens (tertiary/aromatic N) is 1. The lowest BCUT2D eigenvalue weighted by atomic mass is 10.0. The highest BCUT2D eigenvalue weighted by atomic mass is 19.1. The molecule has 0 bridgehead atoms. The fourth-order valence-electron chi connectivity index (χ4n) is 3.47. The Bertz CT molecular complexity index is 859. The molecule has 0 saturated carbocycles. The van der Waals surface area contributed by atoms with Gasteiger partial charge < -0.3 is 10.5 Å². The van der Waals surface area contributed by atoms with Gasteiger partial charge in [-0.25, -0.2) is 4.39 Å². The second-order valence-corrected chi connectivity index (χ2v) is 6.48. The van der Waals surface area contributed by atoms with Crippen LogP contribution in [0.1, 0.15) is 44.8 Å². The van der Waals surface area contributed by atoms with Crippen molar-refractivity contribution in [1.82, 2.24) is 4.90 Å². The third kappa shape index (κ3) is 2.49. The maximum absolute atomic E-state index is 13.8. The van der Waals surface area contributed by atoms with Crippen LogP contribution in [0.2, 0.25) is 0 Å². The van der Waals surface area contributed by atoms with Crippen LogP contribution >= 0.6 is 0 Å². The smallest absolute Gasteiger partial charge is 0.261 e. The maximum Gasteiger partial charge on any atom is 0.261 e. The second-order valence-electron chi connectivity index (χ2n) is 6.48. The molecule has 2 aliphatic rings. The Morgan fingerprint density at radius 2 is 1.88 bits per heavy atom. The van der Waals surface area contributed by atoms with E-state index in [4.69, 9.17) is 10.5 Å². The van der Waals surface area contributed by atoms with Crippen molar-refractivity contribution in [3.05, 3.63) is 64.5 Å². The van der Waals surface area contributed by atoms with E-state index in [-0.39, 0.29) is 30.2 Å². The number of nitrogens with two attached hydrogens (primary N) is 1. The summed E-state index contributed by atoms with van der Waals surface area (Å²) < 4.78 is 19.7. The van der Waals surface area contributed by atoms with Crippen molar-refractivity contribution >= 4 is 11.8 Å². The molecule has 2 atom stereocenters. The standard InChI is InChI=1S/C19H17FN2O3/c1-10(21)16-8-12(20)6-11-7-13(25-17(11)16)9-22-18(23)14-4-2-3-5-15(14)19(22)24/h2-6,8,10,13H,7,9,21H2,1H3. The first-order chi connectivity index (χ1) is 12.0. The first-order valence-corrected chi connectivity index (χ1v) is 8.15. The molecule has 0 aliphatic carbocycles. The molecule has 0 radical (unpaired) electrons. The van der Waals surface area contributed by atoms with Crippen LogP contribution in [0.15, 0.2) is 36.4 Å². The van der Waals surface area contributed by atoms with Gasteiger partial charge in [0.05, 0.1) is 17.7 Å². The summed E-state index contributed by atoms with van der Waals surface area (Å²) in [4.78, 5) is 26.1. The Hall–Kier alpha value is -2.73. The number of carbonyl (C=O) groups excluding carboxylic acids is 2. The number of hydrogen-bond acceptors (Lipinski definition) is 4. The third-order valence-electron chi connectivity index (χ3n) is 4.65. The normalized spacial score (nSPS) is 19.6. The fourth-order valence-corrected chi connectivity index (χ4v) is 3.47. The van der Waals surface area contributed by atoms with Crippen LogP contribution in [-0.2, 0) is 6.42 Å². The summed E-state index contributed by atoms with van der Waals surface area (Å²) in [6.07, 6.45) is 0.0248. The second kappa shape index (κ2) is 5.67. The summed E-state index contributed by atoms with van der Waals surface area (Å²) in [5, 5.41) is 0. The van der Waals surface area contributed by atoms with Crippen molar-refractivity contribution < 1.29 is 18.7 Å². The van der Waals surface area contributed by atoms with E-state index < -0.39 is 6.10 Å². The zero-order valence-electron chi connectivity index (χ0n) is 13.7. The predicted molar refractivity (Wildman–Crippen MR) is 88.9 cm³/mol. The molecular formula is C19H17FN2O3. The van der Waals surface area contributed by atoms with Crippen LogP contribution in [0.3, 0.4) is 0 Å².